The van der Waals surface area contributed by atoms with Gasteiger partial charge in [-0.1, -0.05) is 60.7 Å². The molecule has 0 spiro atoms. The van der Waals surface area contributed by atoms with Crippen molar-refractivity contribution in [3.8, 4) is 22.3 Å². The topological polar surface area (TPSA) is 37.3 Å². The Kier molecular flexibility index (Phi) is 3.98. The molecule has 0 radical (unpaired) electrons. The number of benzene rings is 3. The molecule has 22 heavy (non-hydrogen) atoms. The zero-order chi connectivity index (χ0) is 15.6. The summed E-state index contributed by atoms with van der Waals surface area (Å²) < 4.78 is 11.7. The molecule has 0 heterocycles. The molecular formula is C19H17O2P. The van der Waals surface area contributed by atoms with Crippen molar-refractivity contribution < 1.29 is 9.46 Å². The van der Waals surface area contributed by atoms with Crippen LogP contribution in [0.15, 0.2) is 78.9 Å². The lowest BCUT2D eigenvalue weighted by Gasteiger charge is -2.09. The van der Waals surface area contributed by atoms with Gasteiger partial charge in [-0.2, -0.15) is 0 Å². The van der Waals surface area contributed by atoms with Crippen LogP contribution in [0.4, 0.5) is 0 Å². The highest BCUT2D eigenvalue weighted by molar-refractivity contribution is 7.65. The lowest BCUT2D eigenvalue weighted by molar-refractivity contribution is 0.496. The largest absolute Gasteiger partial charge is 0.341 e. The zero-order valence-corrected chi connectivity index (χ0v) is 13.2. The Morgan fingerprint density at radius 2 is 1.18 bits per heavy atom. The van der Waals surface area contributed by atoms with Gasteiger partial charge in [0.05, 0.1) is 0 Å². The van der Waals surface area contributed by atoms with Crippen LogP contribution < -0.4 is 5.30 Å². The van der Waals surface area contributed by atoms with Gasteiger partial charge >= 0.3 is 0 Å². The van der Waals surface area contributed by atoms with Crippen molar-refractivity contribution in [1.29, 1.82) is 0 Å². The van der Waals surface area contributed by atoms with E-state index in [1.807, 2.05) is 42.5 Å². The van der Waals surface area contributed by atoms with E-state index in [0.717, 1.165) is 16.7 Å². The van der Waals surface area contributed by atoms with E-state index in [4.69, 9.17) is 0 Å². The van der Waals surface area contributed by atoms with Crippen molar-refractivity contribution in [3.63, 3.8) is 0 Å². The second-order valence-corrected chi connectivity index (χ2v) is 7.65. The van der Waals surface area contributed by atoms with Crippen molar-refractivity contribution in [2.24, 2.45) is 0 Å². The highest BCUT2D eigenvalue weighted by Crippen LogP contribution is 2.34. The molecule has 2 nitrogen and oxygen atoms in total. The maximum Gasteiger partial charge on any atom is 0.226 e. The van der Waals surface area contributed by atoms with E-state index >= 15 is 0 Å². The standard InChI is InChI=1S/C19H17O2P/c1-22(20,21)19-12-10-16(11-13-19)18-9-5-8-17(14-18)15-6-3-2-4-7-15/h2-14H,1H3,(H,20,21). The van der Waals surface area contributed by atoms with E-state index < -0.39 is 7.37 Å². The average Bonchev–Trinajstić information content (AvgIpc) is 2.55. The average molecular weight is 308 g/mol. The van der Waals surface area contributed by atoms with E-state index in [-0.39, 0.29) is 0 Å². The molecule has 0 saturated carbocycles. The third-order valence-corrected chi connectivity index (χ3v) is 4.91. The Balaban J connectivity index is 1.98. The minimum absolute atomic E-state index is 0.482. The summed E-state index contributed by atoms with van der Waals surface area (Å²) in [6.07, 6.45) is 0. The van der Waals surface area contributed by atoms with Crippen LogP contribution in [0.3, 0.4) is 0 Å². The van der Waals surface area contributed by atoms with E-state index in [0.29, 0.717) is 5.30 Å². The van der Waals surface area contributed by atoms with Gasteiger partial charge < -0.3 is 4.89 Å². The maximum absolute atomic E-state index is 11.7. The first-order valence-electron chi connectivity index (χ1n) is 7.11. The summed E-state index contributed by atoms with van der Waals surface area (Å²) in [5, 5.41) is 0.482. The molecule has 0 amide bonds. The molecule has 0 saturated heterocycles. The fraction of sp³-hybridized carbons (Fsp3) is 0.0526. The third-order valence-electron chi connectivity index (χ3n) is 3.65. The second-order valence-electron chi connectivity index (χ2n) is 5.37. The predicted molar refractivity (Wildman–Crippen MR) is 92.7 cm³/mol. The van der Waals surface area contributed by atoms with Gasteiger partial charge in [-0.15, -0.1) is 0 Å². The molecule has 3 heteroatoms. The summed E-state index contributed by atoms with van der Waals surface area (Å²) in [7, 11) is -3.19. The van der Waals surface area contributed by atoms with E-state index in [2.05, 4.69) is 24.3 Å². The molecular weight excluding hydrogens is 291 g/mol. The van der Waals surface area contributed by atoms with Gasteiger partial charge in [0.15, 0.2) is 0 Å². The Bertz CT molecular complexity index is 818. The molecule has 0 fully saturated rings. The van der Waals surface area contributed by atoms with Gasteiger partial charge in [0.25, 0.3) is 0 Å². The summed E-state index contributed by atoms with van der Waals surface area (Å²) in [4.78, 5) is 9.60. The summed E-state index contributed by atoms with van der Waals surface area (Å²) in [6, 6.07) is 25.8. The van der Waals surface area contributed by atoms with Crippen LogP contribution in [-0.2, 0) is 4.57 Å². The Labute approximate surface area is 130 Å². The molecule has 1 atom stereocenters. The van der Waals surface area contributed by atoms with Gasteiger partial charge in [0.1, 0.15) is 0 Å². The van der Waals surface area contributed by atoms with Crippen LogP contribution in [0.1, 0.15) is 0 Å². The van der Waals surface area contributed by atoms with Crippen LogP contribution in [0, 0.1) is 0 Å². The Morgan fingerprint density at radius 1 is 0.682 bits per heavy atom. The van der Waals surface area contributed by atoms with Crippen LogP contribution in [-0.4, -0.2) is 11.6 Å². The van der Waals surface area contributed by atoms with Crippen LogP contribution in [0.2, 0.25) is 0 Å². The quantitative estimate of drug-likeness (QED) is 0.721. The Hall–Kier alpha value is -2.15. The van der Waals surface area contributed by atoms with Gasteiger partial charge in [-0.05, 0) is 40.5 Å². The third kappa shape index (κ3) is 3.19. The monoisotopic (exact) mass is 308 g/mol. The zero-order valence-electron chi connectivity index (χ0n) is 12.3. The highest BCUT2D eigenvalue weighted by Gasteiger charge is 2.13. The molecule has 3 rings (SSSR count). The van der Waals surface area contributed by atoms with Crippen molar-refractivity contribution in [2.45, 2.75) is 0 Å². The molecule has 0 bridgehead atoms. The molecule has 3 aromatic rings. The van der Waals surface area contributed by atoms with Gasteiger partial charge in [0.2, 0.25) is 7.37 Å². The van der Waals surface area contributed by atoms with Crippen molar-refractivity contribution in [1.82, 2.24) is 0 Å². The van der Waals surface area contributed by atoms with E-state index in [1.165, 1.54) is 12.2 Å². The number of hydrogen-bond acceptors (Lipinski definition) is 1. The van der Waals surface area contributed by atoms with Gasteiger partial charge in [-0.3, -0.25) is 4.57 Å². The first-order chi connectivity index (χ1) is 10.5. The van der Waals surface area contributed by atoms with Gasteiger partial charge in [0, 0.05) is 12.0 Å². The number of hydrogen-bond donors (Lipinski definition) is 1. The smallest absolute Gasteiger partial charge is 0.226 e. The lowest BCUT2D eigenvalue weighted by Crippen LogP contribution is -2.01. The predicted octanol–water partition coefficient (Wildman–Crippen LogP) is 4.55. The van der Waals surface area contributed by atoms with Gasteiger partial charge in [-0.25, -0.2) is 0 Å². The minimum Gasteiger partial charge on any atom is -0.341 e. The Morgan fingerprint density at radius 3 is 1.73 bits per heavy atom. The van der Waals surface area contributed by atoms with E-state index in [9.17, 15) is 9.46 Å². The first-order valence-corrected chi connectivity index (χ1v) is 9.21. The summed E-state index contributed by atoms with van der Waals surface area (Å²) in [5.41, 5.74) is 4.46. The summed E-state index contributed by atoms with van der Waals surface area (Å²) in [5.74, 6) is 0. The molecule has 0 aromatic heterocycles. The fourth-order valence-electron chi connectivity index (χ4n) is 2.44. The lowest BCUT2D eigenvalue weighted by atomic mass is 9.99. The van der Waals surface area contributed by atoms with Crippen LogP contribution >= 0.6 is 7.37 Å². The SMILES string of the molecule is CP(=O)(O)c1ccc(-c2cccc(-c3ccccc3)c2)cc1. The molecule has 1 N–H and O–H groups in total. The normalized spacial score (nSPS) is 13.5. The maximum atomic E-state index is 11.7. The summed E-state index contributed by atoms with van der Waals surface area (Å²) >= 11 is 0. The van der Waals surface area contributed by atoms with Crippen molar-refractivity contribution in [3.05, 3.63) is 78.9 Å². The molecule has 1 unspecified atom stereocenters. The number of rotatable bonds is 3. The summed E-state index contributed by atoms with van der Waals surface area (Å²) in [6.45, 7) is 1.36. The van der Waals surface area contributed by atoms with E-state index in [1.54, 1.807) is 12.1 Å². The molecule has 0 aliphatic heterocycles. The molecule has 0 aliphatic carbocycles. The van der Waals surface area contributed by atoms with Crippen molar-refractivity contribution in [2.75, 3.05) is 6.66 Å². The molecule has 110 valence electrons. The first kappa shape index (κ1) is 14.8. The fourth-order valence-corrected chi connectivity index (χ4v) is 3.14. The second kappa shape index (κ2) is 5.92. The van der Waals surface area contributed by atoms with Crippen LogP contribution in [0.5, 0.6) is 0 Å². The minimum atomic E-state index is -3.19. The molecule has 0 aliphatic rings. The van der Waals surface area contributed by atoms with Crippen molar-refractivity contribution >= 4 is 12.7 Å². The molecule has 3 aromatic carbocycles. The highest BCUT2D eigenvalue weighted by atomic mass is 31.2. The van der Waals surface area contributed by atoms with Crippen LogP contribution in [0.25, 0.3) is 22.3 Å².